The van der Waals surface area contributed by atoms with Crippen LogP contribution in [0.2, 0.25) is 0 Å². The number of β-amino-alcohol motifs (C(OH)–C–C–N with tert-alkyl or cyclic N) is 1. The van der Waals surface area contributed by atoms with Crippen molar-refractivity contribution < 1.29 is 5.11 Å². The van der Waals surface area contributed by atoms with Crippen LogP contribution in [0.3, 0.4) is 0 Å². The van der Waals surface area contributed by atoms with Gasteiger partial charge >= 0.3 is 0 Å². The Bertz CT molecular complexity index is 150. The standard InChI is InChI=1S/C8H16N2O/c1-9-7-4-10(5-7)6-8(11)2-3-8/h7,9,11H,2-6H2,1H3. The molecule has 0 radical (unpaired) electrons. The first kappa shape index (κ1) is 7.53. The summed E-state index contributed by atoms with van der Waals surface area (Å²) in [4.78, 5) is 2.31. The molecule has 0 bridgehead atoms. The van der Waals surface area contributed by atoms with Crippen molar-refractivity contribution in [2.45, 2.75) is 24.5 Å². The van der Waals surface area contributed by atoms with Crippen molar-refractivity contribution in [2.24, 2.45) is 0 Å². The highest BCUT2D eigenvalue weighted by Crippen LogP contribution is 2.36. The van der Waals surface area contributed by atoms with Gasteiger partial charge in [0, 0.05) is 25.7 Å². The van der Waals surface area contributed by atoms with Gasteiger partial charge in [-0.1, -0.05) is 0 Å². The van der Waals surface area contributed by atoms with E-state index in [2.05, 4.69) is 10.2 Å². The zero-order chi connectivity index (χ0) is 7.90. The molecule has 0 spiro atoms. The van der Waals surface area contributed by atoms with E-state index in [0.29, 0.717) is 6.04 Å². The van der Waals surface area contributed by atoms with E-state index in [0.717, 1.165) is 32.5 Å². The van der Waals surface area contributed by atoms with E-state index < -0.39 is 0 Å². The summed E-state index contributed by atoms with van der Waals surface area (Å²) in [7, 11) is 1.99. The fourth-order valence-corrected chi connectivity index (χ4v) is 1.60. The third kappa shape index (κ3) is 1.55. The molecule has 2 aliphatic rings. The van der Waals surface area contributed by atoms with Gasteiger partial charge in [-0.05, 0) is 19.9 Å². The minimum absolute atomic E-state index is 0.293. The Morgan fingerprint density at radius 1 is 1.55 bits per heavy atom. The van der Waals surface area contributed by atoms with Crippen LogP contribution in [-0.2, 0) is 0 Å². The molecule has 0 amide bonds. The molecule has 1 saturated heterocycles. The topological polar surface area (TPSA) is 35.5 Å². The largest absolute Gasteiger partial charge is 0.389 e. The van der Waals surface area contributed by atoms with Gasteiger partial charge in [-0.3, -0.25) is 4.90 Å². The molecule has 1 heterocycles. The molecule has 3 nitrogen and oxygen atoms in total. The molecule has 0 unspecified atom stereocenters. The molecule has 0 aromatic heterocycles. The van der Waals surface area contributed by atoms with Crippen molar-refractivity contribution >= 4 is 0 Å². The highest BCUT2D eigenvalue weighted by molar-refractivity contribution is 4.99. The predicted molar refractivity (Wildman–Crippen MR) is 43.5 cm³/mol. The third-order valence-electron chi connectivity index (χ3n) is 2.71. The van der Waals surface area contributed by atoms with Crippen LogP contribution in [0.4, 0.5) is 0 Å². The second kappa shape index (κ2) is 2.44. The minimum atomic E-state index is -0.293. The lowest BCUT2D eigenvalue weighted by Gasteiger charge is -2.40. The Morgan fingerprint density at radius 3 is 2.64 bits per heavy atom. The summed E-state index contributed by atoms with van der Waals surface area (Å²) in [5, 5.41) is 12.8. The lowest BCUT2D eigenvalue weighted by atomic mass is 10.1. The van der Waals surface area contributed by atoms with E-state index in [4.69, 9.17) is 0 Å². The van der Waals surface area contributed by atoms with Crippen LogP contribution in [0.5, 0.6) is 0 Å². The van der Waals surface area contributed by atoms with Gasteiger partial charge in [0.25, 0.3) is 0 Å². The van der Waals surface area contributed by atoms with E-state index in [9.17, 15) is 5.11 Å². The molecule has 3 heteroatoms. The van der Waals surface area contributed by atoms with Crippen LogP contribution in [0.25, 0.3) is 0 Å². The van der Waals surface area contributed by atoms with Crippen molar-refractivity contribution in [2.75, 3.05) is 26.7 Å². The van der Waals surface area contributed by atoms with Gasteiger partial charge in [-0.25, -0.2) is 0 Å². The molecule has 1 aliphatic carbocycles. The Kier molecular flexibility index (Phi) is 1.67. The highest BCUT2D eigenvalue weighted by atomic mass is 16.3. The summed E-state index contributed by atoms with van der Waals surface area (Å²) < 4.78 is 0. The van der Waals surface area contributed by atoms with E-state index in [1.807, 2.05) is 7.05 Å². The maximum Gasteiger partial charge on any atom is 0.0776 e. The van der Waals surface area contributed by atoms with Crippen LogP contribution < -0.4 is 5.32 Å². The van der Waals surface area contributed by atoms with Crippen molar-refractivity contribution in [1.29, 1.82) is 0 Å². The lowest BCUT2D eigenvalue weighted by molar-refractivity contribution is 0.0441. The number of hydrogen-bond acceptors (Lipinski definition) is 3. The van der Waals surface area contributed by atoms with E-state index in [1.165, 1.54) is 0 Å². The van der Waals surface area contributed by atoms with E-state index >= 15 is 0 Å². The van der Waals surface area contributed by atoms with Crippen LogP contribution in [-0.4, -0.2) is 48.3 Å². The zero-order valence-electron chi connectivity index (χ0n) is 7.01. The third-order valence-corrected chi connectivity index (χ3v) is 2.71. The van der Waals surface area contributed by atoms with Gasteiger partial charge in [-0.15, -0.1) is 0 Å². The number of hydrogen-bond donors (Lipinski definition) is 2. The number of likely N-dealkylation sites (N-methyl/N-ethyl adjacent to an activating group) is 1. The molecule has 1 aliphatic heterocycles. The average Bonchev–Trinajstić information content (AvgIpc) is 2.59. The van der Waals surface area contributed by atoms with Crippen LogP contribution in [0.15, 0.2) is 0 Å². The molecule has 0 aromatic rings. The minimum Gasteiger partial charge on any atom is -0.389 e. The first-order valence-corrected chi connectivity index (χ1v) is 4.34. The smallest absolute Gasteiger partial charge is 0.0776 e. The molecule has 1 saturated carbocycles. The number of rotatable bonds is 3. The summed E-state index contributed by atoms with van der Waals surface area (Å²) in [6, 6.07) is 0.664. The summed E-state index contributed by atoms with van der Waals surface area (Å²) in [5.74, 6) is 0. The van der Waals surface area contributed by atoms with Crippen molar-refractivity contribution in [1.82, 2.24) is 10.2 Å². The molecule has 11 heavy (non-hydrogen) atoms. The van der Waals surface area contributed by atoms with Crippen molar-refractivity contribution in [3.8, 4) is 0 Å². The summed E-state index contributed by atoms with van der Waals surface area (Å²) in [5.41, 5.74) is -0.293. The van der Waals surface area contributed by atoms with Gasteiger partial charge in [-0.2, -0.15) is 0 Å². The number of nitrogens with one attached hydrogen (secondary N) is 1. The molecular weight excluding hydrogens is 140 g/mol. The summed E-state index contributed by atoms with van der Waals surface area (Å²) in [6.45, 7) is 3.11. The Morgan fingerprint density at radius 2 is 2.18 bits per heavy atom. The number of aliphatic hydroxyl groups is 1. The molecule has 0 atom stereocenters. The van der Waals surface area contributed by atoms with Gasteiger partial charge in [0.2, 0.25) is 0 Å². The molecule has 2 rings (SSSR count). The second-order valence-electron chi connectivity index (χ2n) is 3.90. The first-order valence-electron chi connectivity index (χ1n) is 4.34. The molecule has 64 valence electrons. The average molecular weight is 156 g/mol. The fourth-order valence-electron chi connectivity index (χ4n) is 1.60. The molecule has 2 N–H and O–H groups in total. The van der Waals surface area contributed by atoms with Gasteiger partial charge in [0.05, 0.1) is 5.60 Å². The van der Waals surface area contributed by atoms with Crippen LogP contribution in [0, 0.1) is 0 Å². The highest BCUT2D eigenvalue weighted by Gasteiger charge is 2.43. The summed E-state index contributed by atoms with van der Waals surface area (Å²) >= 11 is 0. The van der Waals surface area contributed by atoms with Gasteiger partial charge in [0.1, 0.15) is 0 Å². The van der Waals surface area contributed by atoms with Gasteiger partial charge < -0.3 is 10.4 Å². The van der Waals surface area contributed by atoms with E-state index in [-0.39, 0.29) is 5.60 Å². The SMILES string of the molecule is CNC1CN(CC2(O)CC2)C1. The second-order valence-corrected chi connectivity index (χ2v) is 3.90. The monoisotopic (exact) mass is 156 g/mol. The zero-order valence-corrected chi connectivity index (χ0v) is 7.01. The molecular formula is C8H16N2O. The van der Waals surface area contributed by atoms with Gasteiger partial charge in [0.15, 0.2) is 0 Å². The van der Waals surface area contributed by atoms with Crippen molar-refractivity contribution in [3.05, 3.63) is 0 Å². The maximum absolute atomic E-state index is 9.56. The maximum atomic E-state index is 9.56. The Balaban J connectivity index is 1.67. The number of nitrogens with zero attached hydrogens (tertiary/aromatic N) is 1. The summed E-state index contributed by atoms with van der Waals surface area (Å²) in [6.07, 6.45) is 2.02. The normalized spacial score (nSPS) is 30.0. The quantitative estimate of drug-likeness (QED) is 0.573. The molecule has 0 aromatic carbocycles. The fraction of sp³-hybridized carbons (Fsp3) is 1.00. The Hall–Kier alpha value is -0.120. The molecule has 2 fully saturated rings. The number of likely N-dealkylation sites (tertiary alicyclic amines) is 1. The Labute approximate surface area is 67.4 Å². The predicted octanol–water partition coefficient (Wildman–Crippen LogP) is -0.585. The lowest BCUT2D eigenvalue weighted by Crippen LogP contribution is -2.58. The first-order chi connectivity index (χ1) is 5.22. The van der Waals surface area contributed by atoms with E-state index in [1.54, 1.807) is 0 Å². The van der Waals surface area contributed by atoms with Crippen LogP contribution >= 0.6 is 0 Å². The van der Waals surface area contributed by atoms with Crippen LogP contribution in [0.1, 0.15) is 12.8 Å². The van der Waals surface area contributed by atoms with Crippen molar-refractivity contribution in [3.63, 3.8) is 0 Å².